The van der Waals surface area contributed by atoms with Crippen LogP contribution in [0.25, 0.3) is 0 Å². The number of aromatic hydroxyl groups is 2. The first-order valence-corrected chi connectivity index (χ1v) is 7.63. The van der Waals surface area contributed by atoms with Crippen LogP contribution < -0.4 is 10.7 Å². The summed E-state index contributed by atoms with van der Waals surface area (Å²) >= 11 is 3.26. The summed E-state index contributed by atoms with van der Waals surface area (Å²) in [6, 6.07) is 10.8. The average Bonchev–Trinajstić information content (AvgIpc) is 2.56. The minimum absolute atomic E-state index is 0.0176. The van der Waals surface area contributed by atoms with Crippen molar-refractivity contribution in [3.8, 4) is 11.5 Å². The lowest BCUT2D eigenvalue weighted by molar-refractivity contribution is -0.120. The van der Waals surface area contributed by atoms with Crippen LogP contribution in [-0.4, -0.2) is 34.8 Å². The van der Waals surface area contributed by atoms with E-state index >= 15 is 0 Å². The van der Waals surface area contributed by atoms with Crippen molar-refractivity contribution >= 4 is 34.0 Å². The first-order valence-electron chi connectivity index (χ1n) is 6.84. The van der Waals surface area contributed by atoms with Gasteiger partial charge >= 0.3 is 0 Å². The Hall–Kier alpha value is -2.87. The van der Waals surface area contributed by atoms with E-state index in [1.54, 1.807) is 24.3 Å². The molecule has 0 heterocycles. The molecule has 8 heteroatoms. The van der Waals surface area contributed by atoms with Gasteiger partial charge in [-0.3, -0.25) is 9.59 Å². The number of carbonyl (C=O) groups is 2. The molecule has 0 saturated carbocycles. The summed E-state index contributed by atoms with van der Waals surface area (Å²) < 4.78 is 0.753. The van der Waals surface area contributed by atoms with Gasteiger partial charge in [-0.05, 0) is 30.3 Å². The molecular formula is C16H14BrN3O4. The highest BCUT2D eigenvalue weighted by atomic mass is 79.9. The van der Waals surface area contributed by atoms with Gasteiger partial charge in [-0.25, -0.2) is 5.43 Å². The number of nitrogens with one attached hydrogen (secondary N) is 2. The zero-order chi connectivity index (χ0) is 17.5. The zero-order valence-electron chi connectivity index (χ0n) is 12.4. The summed E-state index contributed by atoms with van der Waals surface area (Å²) in [6.45, 7) is -0.311. The Labute approximate surface area is 146 Å². The lowest BCUT2D eigenvalue weighted by Crippen LogP contribution is -2.34. The van der Waals surface area contributed by atoms with Crippen LogP contribution in [0.2, 0.25) is 0 Å². The number of nitrogens with zero attached hydrogens (tertiary/aromatic N) is 1. The van der Waals surface area contributed by atoms with Gasteiger partial charge in [0.2, 0.25) is 0 Å². The van der Waals surface area contributed by atoms with E-state index in [9.17, 15) is 19.8 Å². The summed E-state index contributed by atoms with van der Waals surface area (Å²) in [5, 5.41) is 25.2. The number of hydrazone groups is 1. The number of para-hydroxylation sites is 1. The molecule has 0 spiro atoms. The molecule has 2 aromatic rings. The second kappa shape index (κ2) is 8.11. The lowest BCUT2D eigenvalue weighted by atomic mass is 10.2. The standard InChI is InChI=1S/C16H14BrN3O4/c17-11-5-6-13(21)10(7-11)8-19-20-15(23)9-18-16(24)12-3-1-2-4-14(12)22/h1-8,21-22H,9H2,(H,18,24)(H,20,23)/b19-8-. The maximum absolute atomic E-state index is 11.8. The Balaban J connectivity index is 1.85. The number of benzene rings is 2. The molecule has 0 aromatic heterocycles. The fourth-order valence-electron chi connectivity index (χ4n) is 1.76. The van der Waals surface area contributed by atoms with Gasteiger partial charge in [0.15, 0.2) is 0 Å². The van der Waals surface area contributed by atoms with Gasteiger partial charge in [0, 0.05) is 10.0 Å². The van der Waals surface area contributed by atoms with Gasteiger partial charge < -0.3 is 15.5 Å². The minimum Gasteiger partial charge on any atom is -0.507 e. The number of phenols is 2. The smallest absolute Gasteiger partial charge is 0.259 e. The monoisotopic (exact) mass is 391 g/mol. The predicted octanol–water partition coefficient (Wildman–Crippen LogP) is 1.74. The van der Waals surface area contributed by atoms with Crippen LogP contribution >= 0.6 is 15.9 Å². The van der Waals surface area contributed by atoms with E-state index < -0.39 is 11.8 Å². The van der Waals surface area contributed by atoms with Crippen molar-refractivity contribution in [3.05, 3.63) is 58.1 Å². The van der Waals surface area contributed by atoms with Crippen molar-refractivity contribution in [2.24, 2.45) is 5.10 Å². The van der Waals surface area contributed by atoms with Crippen LogP contribution in [-0.2, 0) is 4.79 Å². The summed E-state index contributed by atoms with van der Waals surface area (Å²) in [7, 11) is 0. The minimum atomic E-state index is -0.572. The molecule has 0 aliphatic carbocycles. The molecule has 24 heavy (non-hydrogen) atoms. The Kier molecular flexibility index (Phi) is 5.91. The second-order valence-electron chi connectivity index (χ2n) is 4.70. The molecule has 0 unspecified atom stereocenters. The van der Waals surface area contributed by atoms with Gasteiger partial charge in [0.05, 0.1) is 18.3 Å². The van der Waals surface area contributed by atoms with Gasteiger partial charge in [0.1, 0.15) is 11.5 Å². The molecule has 0 bridgehead atoms. The molecule has 0 atom stereocenters. The third-order valence-electron chi connectivity index (χ3n) is 2.94. The van der Waals surface area contributed by atoms with Crippen LogP contribution in [0.5, 0.6) is 11.5 Å². The van der Waals surface area contributed by atoms with E-state index in [-0.39, 0.29) is 23.6 Å². The number of amides is 2. The van der Waals surface area contributed by atoms with Crippen LogP contribution in [0.4, 0.5) is 0 Å². The normalized spacial score (nSPS) is 10.5. The van der Waals surface area contributed by atoms with Crippen molar-refractivity contribution in [1.82, 2.24) is 10.7 Å². The molecule has 2 rings (SSSR count). The van der Waals surface area contributed by atoms with Crippen LogP contribution in [0.1, 0.15) is 15.9 Å². The molecule has 124 valence electrons. The molecule has 0 saturated heterocycles. The Morgan fingerprint density at radius 3 is 2.62 bits per heavy atom. The topological polar surface area (TPSA) is 111 Å². The van der Waals surface area contributed by atoms with E-state index in [0.717, 1.165) is 4.47 Å². The summed E-state index contributed by atoms with van der Waals surface area (Å²) in [6.07, 6.45) is 1.28. The van der Waals surface area contributed by atoms with Crippen molar-refractivity contribution in [2.75, 3.05) is 6.54 Å². The Morgan fingerprint density at radius 2 is 1.88 bits per heavy atom. The highest BCUT2D eigenvalue weighted by Crippen LogP contribution is 2.19. The third kappa shape index (κ3) is 4.82. The van der Waals surface area contributed by atoms with Gasteiger partial charge in [-0.1, -0.05) is 28.1 Å². The molecule has 0 radical (unpaired) electrons. The first-order chi connectivity index (χ1) is 11.5. The maximum atomic E-state index is 11.8. The highest BCUT2D eigenvalue weighted by molar-refractivity contribution is 9.10. The molecule has 2 aromatic carbocycles. The third-order valence-corrected chi connectivity index (χ3v) is 3.43. The number of rotatable bonds is 5. The van der Waals surface area contributed by atoms with E-state index in [1.165, 1.54) is 24.4 Å². The Morgan fingerprint density at radius 1 is 1.12 bits per heavy atom. The van der Waals surface area contributed by atoms with Crippen molar-refractivity contribution in [2.45, 2.75) is 0 Å². The number of halogens is 1. The predicted molar refractivity (Wildman–Crippen MR) is 92.0 cm³/mol. The maximum Gasteiger partial charge on any atom is 0.259 e. The largest absolute Gasteiger partial charge is 0.507 e. The number of hydrogen-bond donors (Lipinski definition) is 4. The second-order valence-corrected chi connectivity index (χ2v) is 5.61. The van der Waals surface area contributed by atoms with Crippen molar-refractivity contribution < 1.29 is 19.8 Å². The molecule has 7 nitrogen and oxygen atoms in total. The average molecular weight is 392 g/mol. The van der Waals surface area contributed by atoms with Gasteiger partial charge in [0.25, 0.3) is 11.8 Å². The van der Waals surface area contributed by atoms with E-state index in [4.69, 9.17) is 0 Å². The van der Waals surface area contributed by atoms with E-state index in [1.807, 2.05) is 0 Å². The van der Waals surface area contributed by atoms with E-state index in [2.05, 4.69) is 31.8 Å². The van der Waals surface area contributed by atoms with Crippen LogP contribution in [0, 0.1) is 0 Å². The molecule has 0 fully saturated rings. The molecular weight excluding hydrogens is 378 g/mol. The number of carbonyl (C=O) groups excluding carboxylic acids is 2. The molecule has 0 aliphatic rings. The zero-order valence-corrected chi connectivity index (χ0v) is 13.9. The summed E-state index contributed by atoms with van der Waals surface area (Å²) in [5.41, 5.74) is 2.72. The molecule has 4 N–H and O–H groups in total. The number of phenolic OH excluding ortho intramolecular Hbond substituents is 2. The van der Waals surface area contributed by atoms with Crippen molar-refractivity contribution in [1.29, 1.82) is 0 Å². The van der Waals surface area contributed by atoms with Gasteiger partial charge in [-0.15, -0.1) is 0 Å². The van der Waals surface area contributed by atoms with Crippen LogP contribution in [0.15, 0.2) is 52.0 Å². The summed E-state index contributed by atoms with van der Waals surface area (Å²) in [5.74, 6) is -1.27. The van der Waals surface area contributed by atoms with E-state index in [0.29, 0.717) is 5.56 Å². The highest BCUT2D eigenvalue weighted by Gasteiger charge is 2.11. The first kappa shape index (κ1) is 17.5. The number of hydrogen-bond acceptors (Lipinski definition) is 5. The van der Waals surface area contributed by atoms with Crippen LogP contribution in [0.3, 0.4) is 0 Å². The van der Waals surface area contributed by atoms with Crippen molar-refractivity contribution in [3.63, 3.8) is 0 Å². The molecule has 2 amide bonds. The SMILES string of the molecule is O=C(CNC(=O)c1ccccc1O)N/N=C\c1cc(Br)ccc1O. The quantitative estimate of drug-likeness (QED) is 0.459. The fraction of sp³-hybridized carbons (Fsp3) is 0.0625. The van der Waals surface area contributed by atoms with Gasteiger partial charge in [-0.2, -0.15) is 5.10 Å². The lowest BCUT2D eigenvalue weighted by Gasteiger charge is -2.05. The Bertz CT molecular complexity index is 793. The molecule has 0 aliphatic heterocycles. The fourth-order valence-corrected chi connectivity index (χ4v) is 2.14. The summed E-state index contributed by atoms with van der Waals surface area (Å²) in [4.78, 5) is 23.5.